The molecule has 0 spiro atoms. The maximum Gasteiger partial charge on any atom is 0.326 e. The van der Waals surface area contributed by atoms with Crippen molar-refractivity contribution in [3.8, 4) is 5.75 Å². The molecule has 1 aliphatic heterocycles. The highest BCUT2D eigenvalue weighted by Crippen LogP contribution is 2.24. The van der Waals surface area contributed by atoms with Crippen molar-refractivity contribution in [1.82, 2.24) is 4.90 Å². The van der Waals surface area contributed by atoms with E-state index < -0.39 is 12.0 Å². The second-order valence-corrected chi connectivity index (χ2v) is 5.47. The third-order valence-electron chi connectivity index (χ3n) is 3.27. The lowest BCUT2D eigenvalue weighted by molar-refractivity contribution is -0.148. The molecule has 108 valence electrons. The summed E-state index contributed by atoms with van der Waals surface area (Å²) in [6.07, 6.45) is 1.46. The van der Waals surface area contributed by atoms with Gasteiger partial charge < -0.3 is 14.7 Å². The van der Waals surface area contributed by atoms with Crippen LogP contribution in [0.2, 0.25) is 0 Å². The first-order valence-electron chi connectivity index (χ1n) is 6.49. The van der Waals surface area contributed by atoms with Crippen LogP contribution in [0.4, 0.5) is 0 Å². The Hall–Kier alpha value is -1.56. The molecule has 1 heterocycles. The van der Waals surface area contributed by atoms with E-state index in [1.165, 1.54) is 4.90 Å². The lowest BCUT2D eigenvalue weighted by Gasteiger charge is -2.21. The van der Waals surface area contributed by atoms with Crippen molar-refractivity contribution in [3.63, 3.8) is 0 Å². The highest BCUT2D eigenvalue weighted by molar-refractivity contribution is 9.10. The molecule has 1 fully saturated rings. The van der Waals surface area contributed by atoms with Gasteiger partial charge in [-0.3, -0.25) is 4.79 Å². The molecular formula is C14H16BrNO4. The van der Waals surface area contributed by atoms with Gasteiger partial charge in [0.15, 0.2) is 0 Å². The second-order valence-electron chi connectivity index (χ2n) is 4.61. The van der Waals surface area contributed by atoms with Crippen LogP contribution in [0.3, 0.4) is 0 Å². The van der Waals surface area contributed by atoms with Crippen molar-refractivity contribution in [3.05, 3.63) is 28.7 Å². The molecule has 0 radical (unpaired) electrons. The quantitative estimate of drug-likeness (QED) is 0.892. The largest absolute Gasteiger partial charge is 0.492 e. The number of aliphatic carboxylic acids is 1. The Kier molecular flexibility index (Phi) is 5.00. The van der Waals surface area contributed by atoms with Gasteiger partial charge in [-0.1, -0.05) is 12.1 Å². The number of ether oxygens (including phenoxy) is 1. The molecule has 1 saturated heterocycles. The van der Waals surface area contributed by atoms with E-state index >= 15 is 0 Å². The van der Waals surface area contributed by atoms with Crippen molar-refractivity contribution in [2.75, 3.05) is 13.2 Å². The van der Waals surface area contributed by atoms with E-state index in [0.29, 0.717) is 18.7 Å². The van der Waals surface area contributed by atoms with Crippen LogP contribution in [0, 0.1) is 0 Å². The SMILES string of the molecule is O=C(O)[C@@H]1CCCN1C(=O)CCOc1ccccc1Br. The van der Waals surface area contributed by atoms with E-state index in [4.69, 9.17) is 9.84 Å². The van der Waals surface area contributed by atoms with Crippen molar-refractivity contribution >= 4 is 27.8 Å². The molecule has 6 heteroatoms. The van der Waals surface area contributed by atoms with Gasteiger partial charge in [-0.05, 0) is 40.9 Å². The minimum atomic E-state index is -0.928. The number of carbonyl (C=O) groups excluding carboxylic acids is 1. The van der Waals surface area contributed by atoms with Crippen molar-refractivity contribution in [2.24, 2.45) is 0 Å². The number of rotatable bonds is 5. The van der Waals surface area contributed by atoms with Gasteiger partial charge in [0.05, 0.1) is 17.5 Å². The Balaban J connectivity index is 1.84. The summed E-state index contributed by atoms with van der Waals surface area (Å²) in [7, 11) is 0. The molecule has 0 bridgehead atoms. The summed E-state index contributed by atoms with van der Waals surface area (Å²) in [6.45, 7) is 0.759. The Labute approximate surface area is 125 Å². The molecule has 1 atom stereocenters. The maximum absolute atomic E-state index is 12.0. The van der Waals surface area contributed by atoms with E-state index in [1.807, 2.05) is 24.3 Å². The lowest BCUT2D eigenvalue weighted by Crippen LogP contribution is -2.40. The molecule has 0 aliphatic carbocycles. The van der Waals surface area contributed by atoms with Gasteiger partial charge in [-0.2, -0.15) is 0 Å². The summed E-state index contributed by atoms with van der Waals surface area (Å²) in [4.78, 5) is 24.5. The zero-order valence-electron chi connectivity index (χ0n) is 10.9. The molecule has 0 aromatic heterocycles. The van der Waals surface area contributed by atoms with Crippen molar-refractivity contribution < 1.29 is 19.4 Å². The summed E-state index contributed by atoms with van der Waals surface area (Å²) in [5.41, 5.74) is 0. The number of carbonyl (C=O) groups is 2. The first-order chi connectivity index (χ1) is 9.59. The van der Waals surface area contributed by atoms with Crippen LogP contribution in [0.5, 0.6) is 5.75 Å². The molecule has 0 saturated carbocycles. The highest BCUT2D eigenvalue weighted by Gasteiger charge is 2.33. The number of para-hydroxylation sites is 1. The lowest BCUT2D eigenvalue weighted by atomic mass is 10.2. The summed E-state index contributed by atoms with van der Waals surface area (Å²) in [6, 6.07) is 6.72. The second kappa shape index (κ2) is 6.74. The molecule has 1 N–H and O–H groups in total. The zero-order chi connectivity index (χ0) is 14.5. The van der Waals surface area contributed by atoms with E-state index in [-0.39, 0.29) is 18.9 Å². The fraction of sp³-hybridized carbons (Fsp3) is 0.429. The number of carboxylic acids is 1. The number of amides is 1. The molecule has 20 heavy (non-hydrogen) atoms. The van der Waals surface area contributed by atoms with Crippen LogP contribution in [-0.4, -0.2) is 41.1 Å². The predicted octanol–water partition coefficient (Wildman–Crippen LogP) is 2.29. The minimum absolute atomic E-state index is 0.165. The monoisotopic (exact) mass is 341 g/mol. The molecule has 5 nitrogen and oxygen atoms in total. The fourth-order valence-corrected chi connectivity index (χ4v) is 2.67. The Morgan fingerprint density at radius 3 is 2.85 bits per heavy atom. The average molecular weight is 342 g/mol. The summed E-state index contributed by atoms with van der Waals surface area (Å²) >= 11 is 3.36. The maximum atomic E-state index is 12.0. The van der Waals surface area contributed by atoms with Gasteiger partial charge in [0.2, 0.25) is 5.91 Å². The Morgan fingerprint density at radius 1 is 1.40 bits per heavy atom. The number of hydrogen-bond acceptors (Lipinski definition) is 3. The van der Waals surface area contributed by atoms with E-state index in [0.717, 1.165) is 10.9 Å². The Morgan fingerprint density at radius 2 is 2.15 bits per heavy atom. The smallest absolute Gasteiger partial charge is 0.326 e. The van der Waals surface area contributed by atoms with Gasteiger partial charge >= 0.3 is 5.97 Å². The normalized spacial score (nSPS) is 18.1. The number of carboxylic acid groups (broad SMARTS) is 1. The Bertz CT molecular complexity index is 506. The van der Waals surface area contributed by atoms with Crippen LogP contribution in [0.25, 0.3) is 0 Å². The first-order valence-corrected chi connectivity index (χ1v) is 7.28. The molecule has 1 amide bonds. The summed E-state index contributed by atoms with van der Waals surface area (Å²) in [5, 5.41) is 9.04. The molecular weight excluding hydrogens is 326 g/mol. The van der Waals surface area contributed by atoms with Crippen molar-refractivity contribution in [2.45, 2.75) is 25.3 Å². The number of hydrogen-bond donors (Lipinski definition) is 1. The molecule has 0 unspecified atom stereocenters. The number of benzene rings is 1. The zero-order valence-corrected chi connectivity index (χ0v) is 12.5. The summed E-state index contributed by atoms with van der Waals surface area (Å²) < 4.78 is 6.35. The van der Waals surface area contributed by atoms with Gasteiger partial charge in [-0.15, -0.1) is 0 Å². The van der Waals surface area contributed by atoms with Crippen LogP contribution >= 0.6 is 15.9 Å². The van der Waals surface area contributed by atoms with E-state index in [2.05, 4.69) is 15.9 Å². The fourth-order valence-electron chi connectivity index (χ4n) is 2.28. The van der Waals surface area contributed by atoms with Crippen LogP contribution in [0.15, 0.2) is 28.7 Å². The van der Waals surface area contributed by atoms with Gasteiger partial charge in [0, 0.05) is 6.54 Å². The first kappa shape index (κ1) is 14.8. The number of likely N-dealkylation sites (tertiary alicyclic amines) is 1. The van der Waals surface area contributed by atoms with Gasteiger partial charge in [-0.25, -0.2) is 4.79 Å². The van der Waals surface area contributed by atoms with Crippen LogP contribution in [-0.2, 0) is 9.59 Å². The highest BCUT2D eigenvalue weighted by atomic mass is 79.9. The van der Waals surface area contributed by atoms with Crippen molar-refractivity contribution in [1.29, 1.82) is 0 Å². The predicted molar refractivity (Wildman–Crippen MR) is 76.6 cm³/mol. The van der Waals surface area contributed by atoms with Crippen LogP contribution in [0.1, 0.15) is 19.3 Å². The topological polar surface area (TPSA) is 66.8 Å². The molecule has 1 aromatic carbocycles. The van der Waals surface area contributed by atoms with E-state index in [9.17, 15) is 9.59 Å². The molecule has 1 aromatic rings. The third-order valence-corrected chi connectivity index (χ3v) is 3.92. The molecule has 1 aliphatic rings. The summed E-state index contributed by atoms with van der Waals surface area (Å²) in [5.74, 6) is -0.416. The van der Waals surface area contributed by atoms with Gasteiger partial charge in [0.1, 0.15) is 11.8 Å². The number of halogens is 1. The number of nitrogens with zero attached hydrogens (tertiary/aromatic N) is 1. The van der Waals surface area contributed by atoms with Gasteiger partial charge in [0.25, 0.3) is 0 Å². The van der Waals surface area contributed by atoms with Crippen LogP contribution < -0.4 is 4.74 Å². The van der Waals surface area contributed by atoms with E-state index in [1.54, 1.807) is 0 Å². The molecule has 2 rings (SSSR count). The minimum Gasteiger partial charge on any atom is -0.492 e. The third kappa shape index (κ3) is 3.50. The average Bonchev–Trinajstić information content (AvgIpc) is 2.90. The standard InChI is InChI=1S/C14H16BrNO4/c15-10-4-1-2-6-12(10)20-9-7-13(17)16-8-3-5-11(16)14(18)19/h1-2,4,6,11H,3,5,7-9H2,(H,18,19)/t11-/m0/s1.